The number of carbonyl (C=O) groups excluding carboxylic acids is 1. The summed E-state index contributed by atoms with van der Waals surface area (Å²) in [7, 11) is 2.62. The summed E-state index contributed by atoms with van der Waals surface area (Å²) in [4.78, 5) is 16.8. The lowest BCUT2D eigenvalue weighted by molar-refractivity contribution is -0.132. The second-order valence-corrected chi connectivity index (χ2v) is 6.54. The number of nitrogens with zero attached hydrogens (tertiary/aromatic N) is 1. The van der Waals surface area contributed by atoms with E-state index < -0.39 is 5.97 Å². The third-order valence-corrected chi connectivity index (χ3v) is 4.10. The van der Waals surface area contributed by atoms with E-state index in [1.807, 2.05) is 6.07 Å². The quantitative estimate of drug-likeness (QED) is 0.345. The average Bonchev–Trinajstić information content (AvgIpc) is 2.66. The summed E-state index contributed by atoms with van der Waals surface area (Å²) in [5.74, 6) is -0.177. The predicted molar refractivity (Wildman–Crippen MR) is 107 cm³/mol. The topological polar surface area (TPSA) is 57.1 Å². The fourth-order valence-electron chi connectivity index (χ4n) is 2.29. The molecule has 5 nitrogen and oxygen atoms in total. The Hall–Kier alpha value is -2.21. The van der Waals surface area contributed by atoms with Crippen LogP contribution in [0.3, 0.4) is 0 Å². The van der Waals surface area contributed by atoms with Gasteiger partial charge in [-0.25, -0.2) is 4.79 Å². The van der Waals surface area contributed by atoms with Crippen molar-refractivity contribution in [3.63, 3.8) is 0 Å². The van der Waals surface area contributed by atoms with Gasteiger partial charge in [0.05, 0.1) is 12.1 Å². The molecule has 0 unspecified atom stereocenters. The van der Waals surface area contributed by atoms with Gasteiger partial charge >= 0.3 is 5.97 Å². The smallest absolute Gasteiger partial charge is 0.360 e. The lowest BCUT2D eigenvalue weighted by Gasteiger charge is -2.13. The molecule has 27 heavy (non-hydrogen) atoms. The molecule has 0 saturated carbocycles. The van der Waals surface area contributed by atoms with E-state index in [9.17, 15) is 4.79 Å². The zero-order valence-electron chi connectivity index (χ0n) is 14.5. The van der Waals surface area contributed by atoms with E-state index in [1.165, 1.54) is 20.3 Å². The number of ether oxygens (including phenoxy) is 2. The molecule has 0 fully saturated rings. The van der Waals surface area contributed by atoms with E-state index in [1.54, 1.807) is 36.4 Å². The third kappa shape index (κ3) is 5.63. The Morgan fingerprint density at radius 1 is 1.11 bits per heavy atom. The second kappa shape index (κ2) is 10.2. The average molecular weight is 429 g/mol. The molecule has 2 aromatic carbocycles. The molecule has 142 valence electrons. The molecule has 0 aromatic heterocycles. The molecule has 0 aliphatic rings. The van der Waals surface area contributed by atoms with Crippen LogP contribution >= 0.6 is 34.8 Å². The first-order valence-electron chi connectivity index (χ1n) is 7.69. The summed E-state index contributed by atoms with van der Waals surface area (Å²) >= 11 is 17.7. The van der Waals surface area contributed by atoms with Crippen LogP contribution in [0.2, 0.25) is 5.02 Å². The van der Waals surface area contributed by atoms with Gasteiger partial charge in [0.15, 0.2) is 5.71 Å². The van der Waals surface area contributed by atoms with Crippen molar-refractivity contribution in [2.45, 2.75) is 6.61 Å². The summed E-state index contributed by atoms with van der Waals surface area (Å²) in [6.07, 6.45) is 1.52. The minimum Gasteiger partial charge on any atom is -0.487 e. The molecular weight excluding hydrogens is 413 g/mol. The van der Waals surface area contributed by atoms with Crippen LogP contribution in [0.5, 0.6) is 5.75 Å². The van der Waals surface area contributed by atoms with Gasteiger partial charge < -0.3 is 14.3 Å². The molecule has 2 rings (SSSR count). The van der Waals surface area contributed by atoms with E-state index in [0.717, 1.165) is 0 Å². The summed E-state index contributed by atoms with van der Waals surface area (Å²) in [6, 6.07) is 12.4. The van der Waals surface area contributed by atoms with Crippen LogP contribution in [-0.4, -0.2) is 25.9 Å². The molecule has 0 atom stereocenters. The summed E-state index contributed by atoms with van der Waals surface area (Å²) in [6.45, 7) is 0.136. The molecule has 0 heterocycles. The van der Waals surface area contributed by atoms with Gasteiger partial charge in [-0.15, -0.1) is 0 Å². The second-order valence-electron chi connectivity index (χ2n) is 5.15. The normalized spacial score (nSPS) is 10.9. The summed E-state index contributed by atoms with van der Waals surface area (Å²) in [5, 5.41) is 4.14. The van der Waals surface area contributed by atoms with Crippen LogP contribution in [0.15, 0.2) is 52.1 Å². The van der Waals surface area contributed by atoms with E-state index in [4.69, 9.17) is 49.1 Å². The highest BCUT2D eigenvalue weighted by Crippen LogP contribution is 2.31. The highest BCUT2D eigenvalue weighted by atomic mass is 35.5. The van der Waals surface area contributed by atoms with Crippen molar-refractivity contribution < 1.29 is 19.1 Å². The molecule has 0 spiro atoms. The maximum atomic E-state index is 12.0. The van der Waals surface area contributed by atoms with E-state index >= 15 is 0 Å². The molecule has 0 N–H and O–H groups in total. The van der Waals surface area contributed by atoms with Gasteiger partial charge in [0, 0.05) is 5.56 Å². The number of benzene rings is 2. The van der Waals surface area contributed by atoms with Crippen molar-refractivity contribution in [2.24, 2.45) is 5.16 Å². The van der Waals surface area contributed by atoms with Gasteiger partial charge in [0.25, 0.3) is 0 Å². The minimum absolute atomic E-state index is 0.0379. The van der Waals surface area contributed by atoms with Crippen LogP contribution < -0.4 is 4.74 Å². The van der Waals surface area contributed by atoms with Crippen LogP contribution in [0.4, 0.5) is 0 Å². The largest absolute Gasteiger partial charge is 0.487 e. The standard InChI is InChI=1S/C19H16Cl3NO4/c1-25-19(24)18(23-26-2)14-8-4-3-6-13(14)11-27-15-9-5-7-12(17(15)22)10-16(20)21/h3-10H,11H2,1-2H3. The first kappa shape index (κ1) is 21.1. The Bertz CT molecular complexity index is 877. The van der Waals surface area contributed by atoms with Crippen molar-refractivity contribution in [3.05, 3.63) is 68.7 Å². The maximum absolute atomic E-state index is 12.0. The molecule has 0 amide bonds. The van der Waals surface area contributed by atoms with Crippen LogP contribution in [-0.2, 0) is 21.0 Å². The van der Waals surface area contributed by atoms with Crippen molar-refractivity contribution in [1.82, 2.24) is 0 Å². The number of hydrogen-bond donors (Lipinski definition) is 0. The number of oxime groups is 1. The third-order valence-electron chi connectivity index (χ3n) is 3.47. The molecule has 0 aliphatic carbocycles. The number of rotatable bonds is 7. The maximum Gasteiger partial charge on any atom is 0.360 e. The summed E-state index contributed by atoms with van der Waals surface area (Å²) < 4.78 is 10.7. The van der Waals surface area contributed by atoms with Crippen LogP contribution in [0.1, 0.15) is 16.7 Å². The van der Waals surface area contributed by atoms with Gasteiger partial charge in [0.2, 0.25) is 0 Å². The number of halogens is 3. The monoisotopic (exact) mass is 427 g/mol. The van der Waals surface area contributed by atoms with Crippen molar-refractivity contribution in [1.29, 1.82) is 0 Å². The van der Waals surface area contributed by atoms with E-state index in [0.29, 0.717) is 27.5 Å². The van der Waals surface area contributed by atoms with Crippen molar-refractivity contribution in [2.75, 3.05) is 14.2 Å². The van der Waals surface area contributed by atoms with E-state index in [-0.39, 0.29) is 16.8 Å². The fourth-order valence-corrected chi connectivity index (χ4v) is 2.76. The lowest BCUT2D eigenvalue weighted by atomic mass is 10.0. The first-order valence-corrected chi connectivity index (χ1v) is 8.83. The minimum atomic E-state index is -0.619. The fraction of sp³-hybridized carbons (Fsp3) is 0.158. The first-order chi connectivity index (χ1) is 13.0. The highest BCUT2D eigenvalue weighted by Gasteiger charge is 2.19. The number of carbonyl (C=O) groups is 1. The van der Waals surface area contributed by atoms with E-state index in [2.05, 4.69) is 5.16 Å². The van der Waals surface area contributed by atoms with Crippen molar-refractivity contribution in [3.8, 4) is 5.75 Å². The van der Waals surface area contributed by atoms with Crippen LogP contribution in [0.25, 0.3) is 6.08 Å². The SMILES string of the molecule is CON=C(C(=O)OC)c1ccccc1COc1cccc(C=C(Cl)Cl)c1Cl. The summed E-state index contributed by atoms with van der Waals surface area (Å²) in [5.41, 5.74) is 1.89. The number of hydrogen-bond acceptors (Lipinski definition) is 5. The van der Waals surface area contributed by atoms with Gasteiger partial charge in [-0.3, -0.25) is 0 Å². The molecule has 0 radical (unpaired) electrons. The zero-order valence-corrected chi connectivity index (χ0v) is 16.8. The van der Waals surface area contributed by atoms with Gasteiger partial charge in [-0.1, -0.05) is 76.4 Å². The molecule has 8 heteroatoms. The zero-order chi connectivity index (χ0) is 19.8. The highest BCUT2D eigenvalue weighted by molar-refractivity contribution is 6.57. The van der Waals surface area contributed by atoms with Gasteiger partial charge in [-0.2, -0.15) is 0 Å². The van der Waals surface area contributed by atoms with Crippen molar-refractivity contribution >= 4 is 52.6 Å². The lowest BCUT2D eigenvalue weighted by Crippen LogP contribution is -2.19. The van der Waals surface area contributed by atoms with Crippen LogP contribution in [0, 0.1) is 0 Å². The predicted octanol–water partition coefficient (Wildman–Crippen LogP) is 5.22. The Kier molecular flexibility index (Phi) is 7.98. The van der Waals surface area contributed by atoms with Gasteiger partial charge in [-0.05, 0) is 23.3 Å². The molecular formula is C19H16Cl3NO4. The van der Waals surface area contributed by atoms with Gasteiger partial charge in [0.1, 0.15) is 24.0 Å². The Morgan fingerprint density at radius 3 is 2.52 bits per heavy atom. The Labute approximate surface area is 172 Å². The number of methoxy groups -OCH3 is 1. The Morgan fingerprint density at radius 2 is 1.85 bits per heavy atom. The molecule has 0 saturated heterocycles. The molecule has 0 aliphatic heterocycles. The molecule has 2 aromatic rings. The Balaban J connectivity index is 2.32. The molecule has 0 bridgehead atoms. The number of esters is 1.